The van der Waals surface area contributed by atoms with E-state index >= 15 is 0 Å². The number of nitro groups is 1. The van der Waals surface area contributed by atoms with E-state index in [4.69, 9.17) is 4.74 Å². The number of hydrogen-bond donors (Lipinski definition) is 0. The van der Waals surface area contributed by atoms with Gasteiger partial charge in [0.1, 0.15) is 5.69 Å². The van der Waals surface area contributed by atoms with Crippen molar-refractivity contribution >= 4 is 23.4 Å². The zero-order chi connectivity index (χ0) is 22.4. The molecule has 0 unspecified atom stereocenters. The molecule has 0 spiro atoms. The molecule has 10 nitrogen and oxygen atoms in total. The predicted octanol–water partition coefficient (Wildman–Crippen LogP) is 1.65. The number of ether oxygens (including phenoxy) is 1. The minimum atomic E-state index is -0.370. The van der Waals surface area contributed by atoms with Gasteiger partial charge in [-0.3, -0.25) is 19.8 Å². The summed E-state index contributed by atoms with van der Waals surface area (Å²) in [6.45, 7) is 9.30. The second kappa shape index (κ2) is 10.4. The minimum Gasteiger partial charge on any atom is -0.449 e. The summed E-state index contributed by atoms with van der Waals surface area (Å²) in [5.41, 5.74) is 0.687. The van der Waals surface area contributed by atoms with Gasteiger partial charge in [-0.1, -0.05) is 26.0 Å². The average molecular weight is 434 g/mol. The highest BCUT2D eigenvalue weighted by Gasteiger charge is 2.28. The molecule has 3 rings (SSSR count). The van der Waals surface area contributed by atoms with Crippen LogP contribution in [0.25, 0.3) is 0 Å². The molecular formula is C21H31N5O5. The Balaban J connectivity index is 1.43. The van der Waals surface area contributed by atoms with Crippen molar-refractivity contribution in [1.29, 1.82) is 0 Å². The van der Waals surface area contributed by atoms with Gasteiger partial charge in [-0.25, -0.2) is 4.79 Å². The number of piperazine rings is 2. The van der Waals surface area contributed by atoms with E-state index in [1.54, 1.807) is 23.1 Å². The second-order valence-corrected chi connectivity index (χ2v) is 8.35. The van der Waals surface area contributed by atoms with Crippen LogP contribution in [0.3, 0.4) is 0 Å². The highest BCUT2D eigenvalue weighted by Crippen LogP contribution is 2.28. The van der Waals surface area contributed by atoms with Crippen molar-refractivity contribution < 1.29 is 19.2 Å². The first-order valence-electron chi connectivity index (χ1n) is 10.8. The molecule has 0 bridgehead atoms. The zero-order valence-corrected chi connectivity index (χ0v) is 18.2. The molecule has 2 aliphatic heterocycles. The first kappa shape index (κ1) is 22.8. The molecule has 0 saturated carbocycles. The van der Waals surface area contributed by atoms with Gasteiger partial charge in [0, 0.05) is 58.4 Å². The van der Waals surface area contributed by atoms with Crippen molar-refractivity contribution in [3.63, 3.8) is 0 Å². The van der Waals surface area contributed by atoms with Crippen LogP contribution < -0.4 is 4.90 Å². The van der Waals surface area contributed by atoms with Crippen molar-refractivity contribution in [1.82, 2.24) is 14.7 Å². The fourth-order valence-electron chi connectivity index (χ4n) is 3.79. The Morgan fingerprint density at radius 1 is 1.00 bits per heavy atom. The molecule has 0 aromatic heterocycles. The van der Waals surface area contributed by atoms with Crippen LogP contribution >= 0.6 is 0 Å². The van der Waals surface area contributed by atoms with Gasteiger partial charge in [-0.2, -0.15) is 0 Å². The number of hydrogen-bond acceptors (Lipinski definition) is 7. The van der Waals surface area contributed by atoms with Gasteiger partial charge in [-0.05, 0) is 12.0 Å². The molecule has 2 saturated heterocycles. The molecule has 0 atom stereocenters. The SMILES string of the molecule is CC(C)COC(=O)N1CCN(CC(=O)N2CCN(c3ccccc3[N+](=O)[O-])CC2)CC1. The summed E-state index contributed by atoms with van der Waals surface area (Å²) < 4.78 is 5.27. The van der Waals surface area contributed by atoms with Crippen molar-refractivity contribution in [2.75, 3.05) is 70.4 Å². The number of nitro benzene ring substituents is 1. The quantitative estimate of drug-likeness (QED) is 0.497. The summed E-state index contributed by atoms with van der Waals surface area (Å²) in [5.74, 6) is 0.356. The van der Waals surface area contributed by atoms with Crippen LogP contribution in [0.4, 0.5) is 16.2 Å². The summed E-state index contributed by atoms with van der Waals surface area (Å²) in [4.78, 5) is 43.2. The number of benzene rings is 1. The minimum absolute atomic E-state index is 0.0537. The van der Waals surface area contributed by atoms with Crippen molar-refractivity contribution in [3.8, 4) is 0 Å². The summed E-state index contributed by atoms with van der Waals surface area (Å²) in [6, 6.07) is 6.70. The Bertz CT molecular complexity index is 786. The maximum Gasteiger partial charge on any atom is 0.409 e. The van der Waals surface area contributed by atoms with Crippen molar-refractivity contribution in [2.45, 2.75) is 13.8 Å². The molecule has 2 fully saturated rings. The van der Waals surface area contributed by atoms with Crippen molar-refractivity contribution in [2.24, 2.45) is 5.92 Å². The highest BCUT2D eigenvalue weighted by atomic mass is 16.6. The molecule has 2 heterocycles. The van der Waals surface area contributed by atoms with Crippen LogP contribution in [-0.2, 0) is 9.53 Å². The van der Waals surface area contributed by atoms with Gasteiger partial charge in [0.25, 0.3) is 5.69 Å². The van der Waals surface area contributed by atoms with Gasteiger partial charge in [0.05, 0.1) is 18.1 Å². The number of carbonyl (C=O) groups is 2. The van der Waals surface area contributed by atoms with E-state index in [1.165, 1.54) is 6.07 Å². The van der Waals surface area contributed by atoms with Crippen LogP contribution in [0, 0.1) is 16.0 Å². The lowest BCUT2D eigenvalue weighted by atomic mass is 10.2. The Kier molecular flexibility index (Phi) is 7.67. The zero-order valence-electron chi connectivity index (χ0n) is 18.2. The molecule has 1 aromatic rings. The number of anilines is 1. The van der Waals surface area contributed by atoms with Gasteiger partial charge in [0.15, 0.2) is 0 Å². The monoisotopic (exact) mass is 433 g/mol. The standard InChI is InChI=1S/C21H31N5O5/c1-17(2)16-31-21(28)25-9-7-22(8-10-25)15-20(27)24-13-11-23(12-14-24)18-5-3-4-6-19(18)26(29)30/h3-6,17H,7-16H2,1-2H3. The lowest BCUT2D eigenvalue weighted by molar-refractivity contribution is -0.384. The van der Waals surface area contributed by atoms with Crippen LogP contribution in [0.2, 0.25) is 0 Å². The molecule has 2 aliphatic rings. The number of carbonyl (C=O) groups excluding carboxylic acids is 2. The van der Waals surface area contributed by atoms with Gasteiger partial charge >= 0.3 is 6.09 Å². The first-order valence-corrected chi connectivity index (χ1v) is 10.8. The van der Waals surface area contributed by atoms with E-state index in [0.29, 0.717) is 77.1 Å². The van der Waals surface area contributed by atoms with Crippen LogP contribution in [0.1, 0.15) is 13.8 Å². The summed E-state index contributed by atoms with van der Waals surface area (Å²) >= 11 is 0. The predicted molar refractivity (Wildman–Crippen MR) is 116 cm³/mol. The Labute approximate surface area is 182 Å². The van der Waals surface area contributed by atoms with E-state index in [9.17, 15) is 19.7 Å². The third kappa shape index (κ3) is 6.06. The fraction of sp³-hybridized carbons (Fsp3) is 0.619. The topological polar surface area (TPSA) is 99.5 Å². The average Bonchev–Trinajstić information content (AvgIpc) is 2.78. The maximum atomic E-state index is 12.7. The molecule has 2 amide bonds. The molecule has 31 heavy (non-hydrogen) atoms. The van der Waals surface area contributed by atoms with E-state index in [1.807, 2.05) is 23.6 Å². The Hall–Kier alpha value is -2.88. The lowest BCUT2D eigenvalue weighted by Crippen LogP contribution is -2.54. The van der Waals surface area contributed by atoms with Crippen LogP contribution in [0.5, 0.6) is 0 Å². The highest BCUT2D eigenvalue weighted by molar-refractivity contribution is 5.79. The Morgan fingerprint density at radius 3 is 2.23 bits per heavy atom. The number of nitrogens with zero attached hydrogens (tertiary/aromatic N) is 5. The van der Waals surface area contributed by atoms with Gasteiger partial charge in [0.2, 0.25) is 5.91 Å². The number of para-hydroxylation sites is 2. The lowest BCUT2D eigenvalue weighted by Gasteiger charge is -2.38. The van der Waals surface area contributed by atoms with Crippen molar-refractivity contribution in [3.05, 3.63) is 34.4 Å². The largest absolute Gasteiger partial charge is 0.449 e. The number of amides is 2. The molecule has 170 valence electrons. The first-order chi connectivity index (χ1) is 14.8. The maximum absolute atomic E-state index is 12.7. The number of rotatable bonds is 6. The van der Waals surface area contributed by atoms with E-state index in [0.717, 1.165) is 0 Å². The van der Waals surface area contributed by atoms with Crippen LogP contribution in [-0.4, -0.2) is 97.1 Å². The molecule has 0 radical (unpaired) electrons. The molecule has 0 aliphatic carbocycles. The van der Waals surface area contributed by atoms with Gasteiger partial charge in [-0.15, -0.1) is 0 Å². The summed E-state index contributed by atoms with van der Waals surface area (Å²) in [6.07, 6.45) is -0.286. The third-order valence-electron chi connectivity index (χ3n) is 5.58. The second-order valence-electron chi connectivity index (χ2n) is 8.35. The molecular weight excluding hydrogens is 402 g/mol. The Morgan fingerprint density at radius 2 is 1.61 bits per heavy atom. The van der Waals surface area contributed by atoms with E-state index in [-0.39, 0.29) is 22.6 Å². The van der Waals surface area contributed by atoms with E-state index < -0.39 is 0 Å². The summed E-state index contributed by atoms with van der Waals surface area (Å²) in [7, 11) is 0. The third-order valence-corrected chi connectivity index (χ3v) is 5.58. The summed E-state index contributed by atoms with van der Waals surface area (Å²) in [5, 5.41) is 11.3. The fourth-order valence-corrected chi connectivity index (χ4v) is 3.79. The normalized spacial score (nSPS) is 17.7. The van der Waals surface area contributed by atoms with Gasteiger partial charge < -0.3 is 19.4 Å². The smallest absolute Gasteiger partial charge is 0.409 e. The molecule has 0 N–H and O–H groups in total. The van der Waals surface area contributed by atoms with Crippen LogP contribution in [0.15, 0.2) is 24.3 Å². The van der Waals surface area contributed by atoms with E-state index in [2.05, 4.69) is 4.90 Å². The molecule has 1 aromatic carbocycles. The molecule has 10 heteroatoms.